The van der Waals surface area contributed by atoms with Crippen molar-refractivity contribution >= 4 is 48.7 Å². The maximum Gasteiger partial charge on any atom is 0.154 e. The molecule has 1 saturated carbocycles. The summed E-state index contributed by atoms with van der Waals surface area (Å²) in [6.45, 7) is 0. The van der Waals surface area contributed by atoms with Gasteiger partial charge in [-0.25, -0.2) is 9.50 Å². The summed E-state index contributed by atoms with van der Waals surface area (Å²) >= 11 is 0. The van der Waals surface area contributed by atoms with Crippen molar-refractivity contribution in [1.29, 1.82) is 0 Å². The van der Waals surface area contributed by atoms with Gasteiger partial charge in [-0.3, -0.25) is 4.98 Å². The van der Waals surface area contributed by atoms with Crippen LogP contribution in [0.15, 0.2) is 42.9 Å². The Morgan fingerprint density at radius 1 is 0.962 bits per heavy atom. The van der Waals surface area contributed by atoms with Crippen LogP contribution in [0.3, 0.4) is 0 Å². The van der Waals surface area contributed by atoms with Crippen LogP contribution in [-0.2, 0) is 0 Å². The topological polar surface area (TPSA) is 81.1 Å². The fourth-order valence-electron chi connectivity index (χ4n) is 3.14. The predicted molar refractivity (Wildman–Crippen MR) is 112 cm³/mol. The number of halogens is 3. The molecule has 3 aromatic rings. The highest BCUT2D eigenvalue weighted by Gasteiger charge is 2.19. The molecule has 3 aromatic heterocycles. The maximum atomic E-state index is 5.97. The third kappa shape index (κ3) is 4.76. The zero-order valence-corrected chi connectivity index (χ0v) is 16.6. The molecule has 0 saturated heterocycles. The van der Waals surface area contributed by atoms with E-state index >= 15 is 0 Å². The zero-order chi connectivity index (χ0) is 15.6. The monoisotopic (exact) mass is 416 g/mol. The van der Waals surface area contributed by atoms with Gasteiger partial charge in [0.1, 0.15) is 5.82 Å². The first-order chi connectivity index (χ1) is 11.3. The third-order valence-corrected chi connectivity index (χ3v) is 4.46. The van der Waals surface area contributed by atoms with Crippen LogP contribution in [0.4, 0.5) is 5.82 Å². The van der Waals surface area contributed by atoms with Crippen LogP contribution >= 0.6 is 37.2 Å². The standard InChI is InChI=1S/C17H20N6.3ClH/c18-13-1-3-14(4-2-13)21-16-5-6-17-20-11-15(23(17)22-16)12-7-9-19-10-8-12;;;/h5-11,13-14H,1-4,18H2,(H,21,22);3*1H. The molecule has 0 aliphatic heterocycles. The first kappa shape index (κ1) is 22.4. The number of aromatic nitrogens is 4. The number of hydrogen-bond donors (Lipinski definition) is 2. The predicted octanol–water partition coefficient (Wildman–Crippen LogP) is 3.74. The molecule has 1 aliphatic carbocycles. The lowest BCUT2D eigenvalue weighted by Crippen LogP contribution is -2.33. The van der Waals surface area contributed by atoms with Crippen molar-refractivity contribution in [2.24, 2.45) is 5.73 Å². The van der Waals surface area contributed by atoms with E-state index in [1.165, 1.54) is 0 Å². The minimum absolute atomic E-state index is 0. The van der Waals surface area contributed by atoms with Crippen molar-refractivity contribution in [1.82, 2.24) is 19.6 Å². The van der Waals surface area contributed by atoms with Gasteiger partial charge in [-0.05, 0) is 49.9 Å². The number of fused-ring (bicyclic) bond motifs is 1. The fraction of sp³-hybridized carbons (Fsp3) is 0.353. The Morgan fingerprint density at radius 2 is 1.65 bits per heavy atom. The lowest BCUT2D eigenvalue weighted by Gasteiger charge is -2.27. The maximum absolute atomic E-state index is 5.97. The van der Waals surface area contributed by atoms with Crippen LogP contribution in [0.25, 0.3) is 16.9 Å². The number of imidazole rings is 1. The average Bonchev–Trinajstić information content (AvgIpc) is 3.01. The zero-order valence-electron chi connectivity index (χ0n) is 14.1. The first-order valence-electron chi connectivity index (χ1n) is 8.07. The van der Waals surface area contributed by atoms with Gasteiger partial charge in [0, 0.05) is 30.0 Å². The number of pyridine rings is 1. The van der Waals surface area contributed by atoms with Gasteiger partial charge in [0.15, 0.2) is 5.65 Å². The van der Waals surface area contributed by atoms with Gasteiger partial charge in [-0.15, -0.1) is 42.3 Å². The lowest BCUT2D eigenvalue weighted by molar-refractivity contribution is 0.410. The van der Waals surface area contributed by atoms with Crippen LogP contribution in [0, 0.1) is 0 Å². The number of nitrogens with one attached hydrogen (secondary N) is 1. The van der Waals surface area contributed by atoms with Crippen LogP contribution in [0.1, 0.15) is 25.7 Å². The van der Waals surface area contributed by atoms with Crippen molar-refractivity contribution < 1.29 is 0 Å². The van der Waals surface area contributed by atoms with Gasteiger partial charge in [-0.1, -0.05) is 0 Å². The van der Waals surface area contributed by atoms with E-state index in [1.807, 2.05) is 35.0 Å². The summed E-state index contributed by atoms with van der Waals surface area (Å²) in [5.74, 6) is 0.881. The van der Waals surface area contributed by atoms with Crippen molar-refractivity contribution in [2.75, 3.05) is 5.32 Å². The molecule has 0 aromatic carbocycles. The molecule has 0 atom stereocenters. The molecule has 0 bridgehead atoms. The molecule has 1 aliphatic rings. The van der Waals surface area contributed by atoms with E-state index < -0.39 is 0 Å². The van der Waals surface area contributed by atoms with E-state index in [2.05, 4.69) is 15.3 Å². The van der Waals surface area contributed by atoms with E-state index in [1.54, 1.807) is 12.4 Å². The van der Waals surface area contributed by atoms with Crippen molar-refractivity contribution in [3.8, 4) is 11.3 Å². The molecule has 0 unspecified atom stereocenters. The number of rotatable bonds is 3. The minimum atomic E-state index is 0. The van der Waals surface area contributed by atoms with E-state index in [0.717, 1.165) is 48.4 Å². The van der Waals surface area contributed by atoms with Gasteiger partial charge < -0.3 is 11.1 Å². The molecule has 3 N–H and O–H groups in total. The summed E-state index contributed by atoms with van der Waals surface area (Å²) < 4.78 is 1.88. The smallest absolute Gasteiger partial charge is 0.154 e. The van der Waals surface area contributed by atoms with Crippen molar-refractivity contribution in [3.05, 3.63) is 42.9 Å². The molecule has 0 amide bonds. The van der Waals surface area contributed by atoms with E-state index in [0.29, 0.717) is 12.1 Å². The van der Waals surface area contributed by atoms with E-state index in [9.17, 15) is 0 Å². The molecule has 0 spiro atoms. The summed E-state index contributed by atoms with van der Waals surface area (Å²) in [5.41, 5.74) is 8.84. The van der Waals surface area contributed by atoms with Gasteiger partial charge in [-0.2, -0.15) is 0 Å². The summed E-state index contributed by atoms with van der Waals surface area (Å²) in [6.07, 6.45) is 9.76. The Balaban J connectivity index is 0.00000113. The number of nitrogens with two attached hydrogens (primary N) is 1. The quantitative estimate of drug-likeness (QED) is 0.678. The highest BCUT2D eigenvalue weighted by atomic mass is 35.5. The summed E-state index contributed by atoms with van der Waals surface area (Å²) in [7, 11) is 0. The number of nitrogens with zero attached hydrogens (tertiary/aromatic N) is 4. The van der Waals surface area contributed by atoms with Crippen LogP contribution in [0.5, 0.6) is 0 Å². The Morgan fingerprint density at radius 3 is 2.35 bits per heavy atom. The molecule has 1 fully saturated rings. The lowest BCUT2D eigenvalue weighted by atomic mass is 9.92. The molecular weight excluding hydrogens is 395 g/mol. The van der Waals surface area contributed by atoms with Crippen LogP contribution in [-0.4, -0.2) is 31.7 Å². The first-order valence-corrected chi connectivity index (χ1v) is 8.07. The second-order valence-electron chi connectivity index (χ2n) is 6.12. The highest BCUT2D eigenvalue weighted by molar-refractivity contribution is 5.86. The Bertz CT molecular complexity index is 803. The Labute approximate surface area is 171 Å². The average molecular weight is 418 g/mol. The van der Waals surface area contributed by atoms with Crippen LogP contribution in [0.2, 0.25) is 0 Å². The second kappa shape index (κ2) is 9.92. The van der Waals surface area contributed by atoms with Crippen molar-refractivity contribution in [3.63, 3.8) is 0 Å². The largest absolute Gasteiger partial charge is 0.366 e. The highest BCUT2D eigenvalue weighted by Crippen LogP contribution is 2.22. The Kier molecular flexibility index (Phi) is 8.56. The molecule has 9 heteroatoms. The number of anilines is 1. The van der Waals surface area contributed by atoms with E-state index in [4.69, 9.17) is 10.8 Å². The normalized spacial score (nSPS) is 19.0. The van der Waals surface area contributed by atoms with Crippen LogP contribution < -0.4 is 11.1 Å². The second-order valence-corrected chi connectivity index (χ2v) is 6.12. The van der Waals surface area contributed by atoms with Gasteiger partial charge in [0.05, 0.1) is 11.9 Å². The molecule has 3 heterocycles. The van der Waals surface area contributed by atoms with Crippen molar-refractivity contribution in [2.45, 2.75) is 37.8 Å². The Hall–Kier alpha value is -1.60. The summed E-state index contributed by atoms with van der Waals surface area (Å²) in [4.78, 5) is 8.49. The van der Waals surface area contributed by atoms with E-state index in [-0.39, 0.29) is 37.2 Å². The summed E-state index contributed by atoms with van der Waals surface area (Å²) in [6, 6.07) is 8.73. The fourth-order valence-corrected chi connectivity index (χ4v) is 3.14. The molecular formula is C17H23Cl3N6. The molecule has 0 radical (unpaired) electrons. The molecule has 4 rings (SSSR count). The van der Waals surface area contributed by atoms with Gasteiger partial charge in [0.25, 0.3) is 0 Å². The molecule has 142 valence electrons. The van der Waals surface area contributed by atoms with Gasteiger partial charge >= 0.3 is 0 Å². The summed E-state index contributed by atoms with van der Waals surface area (Å²) in [5, 5.41) is 8.25. The van der Waals surface area contributed by atoms with Gasteiger partial charge in [0.2, 0.25) is 0 Å². The molecule has 26 heavy (non-hydrogen) atoms. The molecule has 6 nitrogen and oxygen atoms in total. The minimum Gasteiger partial charge on any atom is -0.366 e. The number of hydrogen-bond acceptors (Lipinski definition) is 5. The SMILES string of the molecule is Cl.Cl.Cl.NC1CCC(Nc2ccc3ncc(-c4ccncc4)n3n2)CC1. The third-order valence-electron chi connectivity index (χ3n) is 4.46.